The zero-order valence-electron chi connectivity index (χ0n) is 11.6. The van der Waals surface area contributed by atoms with Crippen molar-refractivity contribution in [3.63, 3.8) is 0 Å². The first kappa shape index (κ1) is 14.3. The third kappa shape index (κ3) is 3.25. The maximum Gasteiger partial charge on any atom is 0.245 e. The first-order valence-corrected chi connectivity index (χ1v) is 6.78. The van der Waals surface area contributed by atoms with Crippen LogP contribution in [0.3, 0.4) is 0 Å². The second-order valence-electron chi connectivity index (χ2n) is 5.50. The smallest absolute Gasteiger partial charge is 0.245 e. The summed E-state index contributed by atoms with van der Waals surface area (Å²) in [7, 11) is 0. The highest BCUT2D eigenvalue weighted by Gasteiger charge is 2.38. The molecule has 0 aliphatic carbocycles. The minimum atomic E-state index is -0.500. The quantitative estimate of drug-likeness (QED) is 0.769. The van der Waals surface area contributed by atoms with E-state index in [0.29, 0.717) is 45.9 Å². The average molecular weight is 270 g/mol. The molecule has 108 valence electrons. The molecule has 6 heteroatoms. The minimum absolute atomic E-state index is 0.0424. The lowest BCUT2D eigenvalue weighted by atomic mass is 9.88. The third-order valence-corrected chi connectivity index (χ3v) is 3.81. The fourth-order valence-electron chi connectivity index (χ4n) is 2.34. The number of carbonyl (C=O) groups excluding carboxylic acids is 2. The van der Waals surface area contributed by atoms with Gasteiger partial charge in [0.25, 0.3) is 0 Å². The Balaban J connectivity index is 1.87. The van der Waals surface area contributed by atoms with Crippen molar-refractivity contribution >= 4 is 11.8 Å². The first-order chi connectivity index (χ1) is 9.03. The van der Waals surface area contributed by atoms with Crippen LogP contribution in [0, 0.1) is 5.41 Å². The second kappa shape index (κ2) is 5.88. The monoisotopic (exact) mass is 270 g/mol. The van der Waals surface area contributed by atoms with E-state index >= 15 is 0 Å². The van der Waals surface area contributed by atoms with Crippen molar-refractivity contribution in [2.75, 3.05) is 39.5 Å². The van der Waals surface area contributed by atoms with Crippen LogP contribution < -0.4 is 5.32 Å². The number of morpholine rings is 1. The number of carbonyl (C=O) groups is 2. The van der Waals surface area contributed by atoms with Crippen LogP contribution in [0.5, 0.6) is 0 Å². The summed E-state index contributed by atoms with van der Waals surface area (Å²) in [6.07, 6.45) is 0.706. The van der Waals surface area contributed by atoms with Gasteiger partial charge in [-0.1, -0.05) is 0 Å². The fraction of sp³-hybridized carbons (Fsp3) is 0.846. The van der Waals surface area contributed by atoms with Crippen LogP contribution in [0.1, 0.15) is 20.3 Å². The van der Waals surface area contributed by atoms with Crippen LogP contribution in [0.25, 0.3) is 0 Å². The van der Waals surface area contributed by atoms with Crippen LogP contribution in [-0.4, -0.2) is 62.3 Å². The largest absolute Gasteiger partial charge is 0.380 e. The van der Waals surface area contributed by atoms with E-state index in [4.69, 9.17) is 9.47 Å². The molecule has 2 heterocycles. The van der Waals surface area contributed by atoms with Gasteiger partial charge in [0, 0.05) is 19.7 Å². The van der Waals surface area contributed by atoms with Gasteiger partial charge in [-0.05, 0) is 20.3 Å². The SMILES string of the molecule is C[C@H](NC(=O)[C@@]1(C)CCOC1)C(=O)N1CCOCC1. The maximum atomic E-state index is 12.2. The van der Waals surface area contributed by atoms with Gasteiger partial charge in [-0.3, -0.25) is 9.59 Å². The van der Waals surface area contributed by atoms with Gasteiger partial charge in [0.15, 0.2) is 0 Å². The molecule has 0 spiro atoms. The summed E-state index contributed by atoms with van der Waals surface area (Å²) in [6.45, 7) is 6.97. The standard InChI is InChI=1S/C13H22N2O4/c1-10(11(16)15-4-7-18-8-5-15)14-12(17)13(2)3-6-19-9-13/h10H,3-9H2,1-2H3,(H,14,17)/t10-,13-/m0/s1. The number of hydrogen-bond acceptors (Lipinski definition) is 4. The Hall–Kier alpha value is -1.14. The molecule has 1 N–H and O–H groups in total. The molecule has 0 bridgehead atoms. The van der Waals surface area contributed by atoms with Crippen molar-refractivity contribution in [1.29, 1.82) is 0 Å². The topological polar surface area (TPSA) is 67.9 Å². The van der Waals surface area contributed by atoms with Crippen molar-refractivity contribution < 1.29 is 19.1 Å². The van der Waals surface area contributed by atoms with E-state index in [9.17, 15) is 9.59 Å². The highest BCUT2D eigenvalue weighted by atomic mass is 16.5. The average Bonchev–Trinajstić information content (AvgIpc) is 2.87. The molecule has 2 saturated heterocycles. The molecule has 2 rings (SSSR count). The molecule has 2 aliphatic rings. The summed E-state index contributed by atoms with van der Waals surface area (Å²) >= 11 is 0. The Morgan fingerprint density at radius 1 is 1.21 bits per heavy atom. The maximum absolute atomic E-state index is 12.2. The van der Waals surface area contributed by atoms with Crippen molar-refractivity contribution in [3.8, 4) is 0 Å². The molecule has 2 atom stereocenters. The van der Waals surface area contributed by atoms with Crippen molar-refractivity contribution in [2.45, 2.75) is 26.3 Å². The summed E-state index contributed by atoms with van der Waals surface area (Å²) in [5.74, 6) is -0.140. The number of ether oxygens (including phenoxy) is 2. The van der Waals surface area contributed by atoms with E-state index in [-0.39, 0.29) is 11.8 Å². The normalized spacial score (nSPS) is 29.1. The Morgan fingerprint density at radius 3 is 2.47 bits per heavy atom. The lowest BCUT2D eigenvalue weighted by Crippen LogP contribution is -2.53. The number of nitrogens with zero attached hydrogens (tertiary/aromatic N) is 1. The highest BCUT2D eigenvalue weighted by molar-refractivity contribution is 5.90. The van der Waals surface area contributed by atoms with Gasteiger partial charge in [-0.25, -0.2) is 0 Å². The fourth-order valence-corrected chi connectivity index (χ4v) is 2.34. The number of rotatable bonds is 3. The van der Waals surface area contributed by atoms with Gasteiger partial charge in [0.2, 0.25) is 11.8 Å². The van der Waals surface area contributed by atoms with Crippen LogP contribution in [0.15, 0.2) is 0 Å². The molecular weight excluding hydrogens is 248 g/mol. The predicted octanol–water partition coefficient (Wildman–Crippen LogP) is -0.223. The molecule has 0 aromatic rings. The van der Waals surface area contributed by atoms with Crippen LogP contribution >= 0.6 is 0 Å². The van der Waals surface area contributed by atoms with E-state index in [0.717, 1.165) is 0 Å². The van der Waals surface area contributed by atoms with Crippen LogP contribution in [-0.2, 0) is 19.1 Å². The van der Waals surface area contributed by atoms with Gasteiger partial charge in [-0.2, -0.15) is 0 Å². The van der Waals surface area contributed by atoms with E-state index in [1.54, 1.807) is 11.8 Å². The summed E-state index contributed by atoms with van der Waals surface area (Å²) < 4.78 is 10.5. The zero-order valence-corrected chi connectivity index (χ0v) is 11.6. The van der Waals surface area contributed by atoms with E-state index in [1.807, 2.05) is 6.92 Å². The third-order valence-electron chi connectivity index (χ3n) is 3.81. The van der Waals surface area contributed by atoms with E-state index in [1.165, 1.54) is 0 Å². The molecule has 0 saturated carbocycles. The summed E-state index contributed by atoms with van der Waals surface area (Å²) in [6, 6.07) is -0.497. The zero-order chi connectivity index (χ0) is 13.9. The van der Waals surface area contributed by atoms with Gasteiger partial charge in [0.1, 0.15) is 6.04 Å². The minimum Gasteiger partial charge on any atom is -0.380 e. The van der Waals surface area contributed by atoms with Gasteiger partial charge >= 0.3 is 0 Å². The first-order valence-electron chi connectivity index (χ1n) is 6.78. The van der Waals surface area contributed by atoms with Crippen molar-refractivity contribution in [3.05, 3.63) is 0 Å². The van der Waals surface area contributed by atoms with E-state index in [2.05, 4.69) is 5.32 Å². The number of hydrogen-bond donors (Lipinski definition) is 1. The van der Waals surface area contributed by atoms with Gasteiger partial charge in [-0.15, -0.1) is 0 Å². The lowest BCUT2D eigenvalue weighted by molar-refractivity contribution is -0.141. The Morgan fingerprint density at radius 2 is 1.89 bits per heavy atom. The van der Waals surface area contributed by atoms with Crippen LogP contribution in [0.4, 0.5) is 0 Å². The molecule has 0 aromatic heterocycles. The molecular formula is C13H22N2O4. The molecule has 0 radical (unpaired) electrons. The second-order valence-corrected chi connectivity index (χ2v) is 5.50. The van der Waals surface area contributed by atoms with Gasteiger partial charge in [0.05, 0.1) is 25.2 Å². The Labute approximate surface area is 113 Å². The summed E-state index contributed by atoms with van der Waals surface area (Å²) in [4.78, 5) is 26.1. The predicted molar refractivity (Wildman–Crippen MR) is 68.5 cm³/mol. The summed E-state index contributed by atoms with van der Waals surface area (Å²) in [5, 5.41) is 2.81. The molecule has 0 aromatic carbocycles. The molecule has 0 unspecified atom stereocenters. The molecule has 19 heavy (non-hydrogen) atoms. The molecule has 2 fully saturated rings. The Kier molecular flexibility index (Phi) is 4.42. The lowest BCUT2D eigenvalue weighted by Gasteiger charge is -2.30. The number of amides is 2. The van der Waals surface area contributed by atoms with Crippen molar-refractivity contribution in [1.82, 2.24) is 10.2 Å². The Bertz CT molecular complexity index is 347. The summed E-state index contributed by atoms with van der Waals surface area (Å²) in [5.41, 5.74) is -0.500. The van der Waals surface area contributed by atoms with Crippen LogP contribution in [0.2, 0.25) is 0 Å². The molecule has 6 nitrogen and oxygen atoms in total. The molecule has 2 aliphatic heterocycles. The van der Waals surface area contributed by atoms with E-state index < -0.39 is 11.5 Å². The highest BCUT2D eigenvalue weighted by Crippen LogP contribution is 2.27. The van der Waals surface area contributed by atoms with Gasteiger partial charge < -0.3 is 19.7 Å². The molecule has 2 amide bonds. The van der Waals surface area contributed by atoms with Crippen molar-refractivity contribution in [2.24, 2.45) is 5.41 Å². The number of nitrogens with one attached hydrogen (secondary N) is 1.